The number of nitrogens with zero attached hydrogens (tertiary/aromatic N) is 4. The van der Waals surface area contributed by atoms with Crippen LogP contribution in [0.5, 0.6) is 0 Å². The molecule has 2 aliphatic rings. The summed E-state index contributed by atoms with van der Waals surface area (Å²) in [6, 6.07) is 0. The number of halogens is 4. The van der Waals surface area contributed by atoms with E-state index < -0.39 is 30.1 Å². The molecule has 1 aromatic rings. The average molecular weight is 418 g/mol. The maximum Gasteiger partial charge on any atom is 0.408 e. The fourth-order valence-corrected chi connectivity index (χ4v) is 3.57. The standard InChI is InChI=1S/C15H15BrF3N5O/c1-23-12(25)15(22-13(23)20,9-3-2-4-11(16)5-9)10-6-21-24(7-10)8-14(17,18)19/h2-4,6-7,9H,5,8H2,1H3,(H2,20,22). The topological polar surface area (TPSA) is 76.5 Å². The zero-order valence-corrected chi connectivity index (χ0v) is 14.8. The molecule has 2 unspecified atom stereocenters. The van der Waals surface area contributed by atoms with Gasteiger partial charge in [-0.2, -0.15) is 18.3 Å². The van der Waals surface area contributed by atoms with Gasteiger partial charge < -0.3 is 5.73 Å². The van der Waals surface area contributed by atoms with Crippen LogP contribution in [-0.4, -0.2) is 39.8 Å². The van der Waals surface area contributed by atoms with E-state index in [0.717, 1.165) is 9.16 Å². The molecule has 1 aliphatic carbocycles. The number of guanidine groups is 1. The quantitative estimate of drug-likeness (QED) is 0.819. The Morgan fingerprint density at radius 2 is 2.20 bits per heavy atom. The number of alkyl halides is 3. The largest absolute Gasteiger partial charge is 0.408 e. The summed E-state index contributed by atoms with van der Waals surface area (Å²) in [7, 11) is 1.49. The number of hydrogen-bond donors (Lipinski definition) is 1. The van der Waals surface area contributed by atoms with Crippen LogP contribution in [0.3, 0.4) is 0 Å². The minimum absolute atomic E-state index is 0.0210. The van der Waals surface area contributed by atoms with Gasteiger partial charge in [0, 0.05) is 24.7 Å². The Morgan fingerprint density at radius 1 is 1.48 bits per heavy atom. The Bertz CT molecular complexity index is 797. The third kappa shape index (κ3) is 3.10. The van der Waals surface area contributed by atoms with Gasteiger partial charge in [-0.15, -0.1) is 0 Å². The lowest BCUT2D eigenvalue weighted by Gasteiger charge is -2.32. The molecule has 2 atom stereocenters. The van der Waals surface area contributed by atoms with Crippen molar-refractivity contribution in [3.8, 4) is 0 Å². The van der Waals surface area contributed by atoms with Crippen LogP contribution < -0.4 is 5.73 Å². The van der Waals surface area contributed by atoms with Crippen molar-refractivity contribution < 1.29 is 18.0 Å². The Balaban J connectivity index is 2.06. The molecule has 6 nitrogen and oxygen atoms in total. The van der Waals surface area contributed by atoms with E-state index in [2.05, 4.69) is 26.0 Å². The second kappa shape index (κ2) is 6.01. The molecule has 0 saturated carbocycles. The highest BCUT2D eigenvalue weighted by Gasteiger charge is 2.53. The van der Waals surface area contributed by atoms with E-state index in [9.17, 15) is 18.0 Å². The van der Waals surface area contributed by atoms with Gasteiger partial charge in [0.05, 0.1) is 6.20 Å². The van der Waals surface area contributed by atoms with Gasteiger partial charge in [-0.05, 0) is 10.9 Å². The van der Waals surface area contributed by atoms with Gasteiger partial charge in [0.25, 0.3) is 5.91 Å². The maximum atomic E-state index is 12.9. The molecule has 0 radical (unpaired) electrons. The Labute approximate surface area is 150 Å². The van der Waals surface area contributed by atoms with E-state index in [1.54, 1.807) is 12.2 Å². The van der Waals surface area contributed by atoms with Crippen LogP contribution in [0.15, 0.2) is 40.1 Å². The smallest absolute Gasteiger partial charge is 0.369 e. The van der Waals surface area contributed by atoms with Crippen LogP contribution in [0.4, 0.5) is 13.2 Å². The predicted molar refractivity (Wildman–Crippen MR) is 88.6 cm³/mol. The maximum absolute atomic E-state index is 12.9. The van der Waals surface area contributed by atoms with Gasteiger partial charge in [-0.25, -0.2) is 4.99 Å². The van der Waals surface area contributed by atoms with Gasteiger partial charge in [-0.1, -0.05) is 34.2 Å². The number of allylic oxidation sites excluding steroid dienone is 3. The molecule has 0 fully saturated rings. The van der Waals surface area contributed by atoms with Crippen molar-refractivity contribution >= 4 is 27.8 Å². The van der Waals surface area contributed by atoms with Gasteiger partial charge >= 0.3 is 6.18 Å². The molecule has 25 heavy (non-hydrogen) atoms. The van der Waals surface area contributed by atoms with Crippen LogP contribution in [0.2, 0.25) is 0 Å². The molecule has 0 saturated heterocycles. The SMILES string of the molecule is CN1C(=O)C(c2cnn(CC(F)(F)F)c2)(C2C=CC=C(Br)C2)N=C1N. The summed E-state index contributed by atoms with van der Waals surface area (Å²) < 4.78 is 39.5. The Hall–Kier alpha value is -2.10. The van der Waals surface area contributed by atoms with E-state index >= 15 is 0 Å². The summed E-state index contributed by atoms with van der Waals surface area (Å²) in [5, 5.41) is 3.75. The number of likely N-dealkylation sites (N-methyl/N-ethyl adjacent to an activating group) is 1. The molecule has 1 amide bonds. The van der Waals surface area contributed by atoms with E-state index in [4.69, 9.17) is 5.73 Å². The molecule has 1 aliphatic heterocycles. The normalized spacial score (nSPS) is 26.8. The monoisotopic (exact) mass is 417 g/mol. The number of aliphatic imine (C=N–C) groups is 1. The molecule has 10 heteroatoms. The van der Waals surface area contributed by atoms with Crippen molar-refractivity contribution in [3.05, 3.63) is 40.7 Å². The lowest BCUT2D eigenvalue weighted by Crippen LogP contribution is -2.44. The fourth-order valence-electron chi connectivity index (χ4n) is 3.06. The number of carbonyl (C=O) groups is 1. The van der Waals surface area contributed by atoms with Crippen molar-refractivity contribution in [1.82, 2.24) is 14.7 Å². The molecular formula is C15H15BrF3N5O. The summed E-state index contributed by atoms with van der Waals surface area (Å²) in [4.78, 5) is 18.5. The number of aromatic nitrogens is 2. The second-order valence-corrected chi connectivity index (χ2v) is 6.97. The third-order valence-electron chi connectivity index (χ3n) is 4.25. The minimum Gasteiger partial charge on any atom is -0.369 e. The summed E-state index contributed by atoms with van der Waals surface area (Å²) in [6.07, 6.45) is 3.94. The van der Waals surface area contributed by atoms with Gasteiger partial charge in [0.1, 0.15) is 6.54 Å². The van der Waals surface area contributed by atoms with Crippen LogP contribution in [0.1, 0.15) is 12.0 Å². The zero-order valence-electron chi connectivity index (χ0n) is 13.2. The zero-order chi connectivity index (χ0) is 18.4. The highest BCUT2D eigenvalue weighted by molar-refractivity contribution is 9.11. The van der Waals surface area contributed by atoms with E-state index in [1.165, 1.54) is 24.3 Å². The fraction of sp³-hybridized carbons (Fsp3) is 0.400. The van der Waals surface area contributed by atoms with Crippen LogP contribution in [-0.2, 0) is 16.9 Å². The first-order chi connectivity index (χ1) is 11.6. The Morgan fingerprint density at radius 3 is 2.76 bits per heavy atom. The van der Waals surface area contributed by atoms with Crippen LogP contribution in [0.25, 0.3) is 0 Å². The molecule has 2 N–H and O–H groups in total. The molecule has 134 valence electrons. The van der Waals surface area contributed by atoms with E-state index in [0.29, 0.717) is 6.42 Å². The second-order valence-electron chi connectivity index (χ2n) is 5.95. The number of carbonyl (C=O) groups excluding carboxylic acids is 1. The summed E-state index contributed by atoms with van der Waals surface area (Å²) in [5.41, 5.74) is 4.69. The highest BCUT2D eigenvalue weighted by atomic mass is 79.9. The van der Waals surface area contributed by atoms with Crippen molar-refractivity contribution in [2.45, 2.75) is 24.7 Å². The lowest BCUT2D eigenvalue weighted by atomic mass is 9.76. The molecule has 0 spiro atoms. The molecular weight excluding hydrogens is 403 g/mol. The van der Waals surface area contributed by atoms with Gasteiger partial charge in [-0.3, -0.25) is 14.4 Å². The van der Waals surface area contributed by atoms with Crippen LogP contribution in [0, 0.1) is 5.92 Å². The first-order valence-electron chi connectivity index (χ1n) is 7.39. The van der Waals surface area contributed by atoms with Crippen LogP contribution >= 0.6 is 15.9 Å². The number of nitrogens with two attached hydrogens (primary N) is 1. The molecule has 2 heterocycles. The number of rotatable bonds is 3. The average Bonchev–Trinajstić information content (AvgIpc) is 3.05. The molecule has 3 rings (SSSR count). The number of hydrogen-bond acceptors (Lipinski definition) is 4. The van der Waals surface area contributed by atoms with E-state index in [-0.39, 0.29) is 11.5 Å². The third-order valence-corrected chi connectivity index (χ3v) is 4.84. The summed E-state index contributed by atoms with van der Waals surface area (Å²) in [6.45, 7) is -1.24. The summed E-state index contributed by atoms with van der Waals surface area (Å²) in [5.74, 6) is -0.771. The first kappa shape index (κ1) is 17.7. The van der Waals surface area contributed by atoms with Crippen molar-refractivity contribution in [2.24, 2.45) is 16.6 Å². The Kier molecular flexibility index (Phi) is 4.26. The van der Waals surface area contributed by atoms with Crippen molar-refractivity contribution in [3.63, 3.8) is 0 Å². The van der Waals surface area contributed by atoms with E-state index in [1.807, 2.05) is 6.08 Å². The lowest BCUT2D eigenvalue weighted by molar-refractivity contribution is -0.142. The van der Waals surface area contributed by atoms with Crippen molar-refractivity contribution in [2.75, 3.05) is 7.05 Å². The molecule has 1 aromatic heterocycles. The number of amides is 1. The minimum atomic E-state index is -4.41. The molecule has 0 bridgehead atoms. The van der Waals surface area contributed by atoms with Gasteiger partial charge in [0.2, 0.25) is 0 Å². The van der Waals surface area contributed by atoms with Crippen molar-refractivity contribution in [1.29, 1.82) is 0 Å². The van der Waals surface area contributed by atoms with Gasteiger partial charge in [0.15, 0.2) is 11.5 Å². The summed E-state index contributed by atoms with van der Waals surface area (Å²) >= 11 is 3.40. The highest BCUT2D eigenvalue weighted by Crippen LogP contribution is 2.44. The predicted octanol–water partition coefficient (Wildman–Crippen LogP) is 2.28. The first-order valence-corrected chi connectivity index (χ1v) is 8.19. The molecule has 0 aromatic carbocycles.